The Balaban J connectivity index is 1.21. The van der Waals surface area contributed by atoms with Gasteiger partial charge >= 0.3 is 0 Å². The van der Waals surface area contributed by atoms with Crippen LogP contribution < -0.4 is 0 Å². The molecule has 1 fully saturated rings. The molecule has 7 heteroatoms. The first-order valence-electron chi connectivity index (χ1n) is 11.7. The highest BCUT2D eigenvalue weighted by Crippen LogP contribution is 2.26. The number of halogens is 2. The Kier molecular flexibility index (Phi) is 8.93. The van der Waals surface area contributed by atoms with E-state index in [0.717, 1.165) is 61.7 Å². The summed E-state index contributed by atoms with van der Waals surface area (Å²) in [5.41, 5.74) is 1.69. The van der Waals surface area contributed by atoms with Gasteiger partial charge in [-0.25, -0.2) is 8.78 Å². The molecule has 34 heavy (non-hydrogen) atoms. The Hall–Kier alpha value is -2.45. The van der Waals surface area contributed by atoms with Crippen LogP contribution in [0.3, 0.4) is 0 Å². The lowest BCUT2D eigenvalue weighted by Crippen LogP contribution is -2.47. The number of carbonyl (C=O) groups is 1. The molecule has 1 atom stereocenters. The van der Waals surface area contributed by atoms with Crippen molar-refractivity contribution in [2.45, 2.75) is 18.9 Å². The average molecular weight is 484 g/mol. The highest BCUT2D eigenvalue weighted by Gasteiger charge is 2.19. The maximum atomic E-state index is 13.4. The summed E-state index contributed by atoms with van der Waals surface area (Å²) < 4.78 is 33.0. The average Bonchev–Trinajstić information content (AvgIpc) is 3.40. The van der Waals surface area contributed by atoms with Crippen LogP contribution in [0, 0.1) is 11.6 Å². The number of benzene rings is 2. The van der Waals surface area contributed by atoms with E-state index in [1.165, 1.54) is 35.6 Å². The Morgan fingerprint density at radius 2 is 1.41 bits per heavy atom. The molecule has 0 aliphatic carbocycles. The topological polar surface area (TPSA) is 32.8 Å². The first kappa shape index (κ1) is 24.7. The number of carbonyl (C=O) groups excluding carboxylic acids is 1. The van der Waals surface area contributed by atoms with Gasteiger partial charge in [-0.1, -0.05) is 30.3 Å². The van der Waals surface area contributed by atoms with E-state index >= 15 is 0 Å². The third-order valence-electron chi connectivity index (χ3n) is 6.18. The molecule has 0 N–H and O–H groups in total. The van der Waals surface area contributed by atoms with Crippen LogP contribution in [0.15, 0.2) is 66.0 Å². The summed E-state index contributed by atoms with van der Waals surface area (Å²) in [6.07, 6.45) is 1.11. The number of hydrogen-bond donors (Lipinski definition) is 0. The normalized spacial score (nSPS) is 15.9. The van der Waals surface area contributed by atoms with Crippen molar-refractivity contribution < 1.29 is 18.3 Å². The molecule has 1 aromatic heterocycles. The molecule has 3 aromatic rings. The molecule has 0 amide bonds. The van der Waals surface area contributed by atoms with Crippen LogP contribution in [0.4, 0.5) is 8.78 Å². The van der Waals surface area contributed by atoms with Crippen molar-refractivity contribution in [3.63, 3.8) is 0 Å². The first-order chi connectivity index (χ1) is 16.6. The predicted octanol–water partition coefficient (Wildman–Crippen LogP) is 5.41. The predicted molar refractivity (Wildman–Crippen MR) is 131 cm³/mol. The zero-order valence-corrected chi connectivity index (χ0v) is 20.0. The number of Topliss-reactive ketones (excluding diaryl/α,β-unsaturated/α-hetero) is 1. The Labute approximate surface area is 203 Å². The molecule has 4 nitrogen and oxygen atoms in total. The van der Waals surface area contributed by atoms with Gasteiger partial charge in [0.2, 0.25) is 0 Å². The van der Waals surface area contributed by atoms with Crippen LogP contribution >= 0.6 is 11.3 Å². The van der Waals surface area contributed by atoms with Gasteiger partial charge in [-0.05, 0) is 59.8 Å². The fourth-order valence-electron chi connectivity index (χ4n) is 4.22. The van der Waals surface area contributed by atoms with Gasteiger partial charge < -0.3 is 9.64 Å². The van der Waals surface area contributed by atoms with E-state index < -0.39 is 0 Å². The van der Waals surface area contributed by atoms with Crippen molar-refractivity contribution in [3.05, 3.63) is 93.7 Å². The van der Waals surface area contributed by atoms with Crippen LogP contribution in [0.25, 0.3) is 0 Å². The molecule has 1 saturated heterocycles. The number of piperazine rings is 1. The first-order valence-corrected chi connectivity index (χ1v) is 12.6. The van der Waals surface area contributed by atoms with E-state index in [2.05, 4.69) is 9.80 Å². The quantitative estimate of drug-likeness (QED) is 0.341. The van der Waals surface area contributed by atoms with E-state index in [4.69, 9.17) is 4.74 Å². The second kappa shape index (κ2) is 12.3. The van der Waals surface area contributed by atoms with Crippen molar-refractivity contribution in [2.75, 3.05) is 45.9 Å². The Morgan fingerprint density at radius 3 is 1.94 bits per heavy atom. The minimum atomic E-state index is -0.372. The number of ketones is 1. The summed E-state index contributed by atoms with van der Waals surface area (Å²) in [7, 11) is 0. The molecular weight excluding hydrogens is 453 g/mol. The Bertz CT molecular complexity index is 972. The van der Waals surface area contributed by atoms with Crippen LogP contribution in [-0.2, 0) is 4.74 Å². The number of rotatable bonds is 11. The van der Waals surface area contributed by atoms with Gasteiger partial charge in [0, 0.05) is 39.1 Å². The molecule has 0 spiro atoms. The van der Waals surface area contributed by atoms with Crippen molar-refractivity contribution in [1.82, 2.24) is 9.80 Å². The number of thiophene rings is 1. The molecule has 1 aliphatic rings. The third-order valence-corrected chi connectivity index (χ3v) is 7.09. The van der Waals surface area contributed by atoms with Crippen LogP contribution in [-0.4, -0.2) is 61.5 Å². The minimum Gasteiger partial charge on any atom is -0.367 e. The molecule has 0 saturated carbocycles. The maximum Gasteiger partial charge on any atom is 0.172 e. The molecule has 180 valence electrons. The number of nitrogens with zero attached hydrogens (tertiary/aromatic N) is 2. The van der Waals surface area contributed by atoms with E-state index in [9.17, 15) is 13.6 Å². The van der Waals surface area contributed by atoms with Gasteiger partial charge in [0.1, 0.15) is 17.7 Å². The van der Waals surface area contributed by atoms with Crippen LogP contribution in [0.2, 0.25) is 0 Å². The molecule has 2 heterocycles. The molecule has 0 radical (unpaired) electrons. The maximum absolute atomic E-state index is 13.4. The summed E-state index contributed by atoms with van der Waals surface area (Å²) in [6.45, 7) is 6.13. The molecule has 2 aromatic carbocycles. The summed E-state index contributed by atoms with van der Waals surface area (Å²) >= 11 is 1.51. The van der Waals surface area contributed by atoms with Crippen molar-refractivity contribution in [2.24, 2.45) is 0 Å². The highest BCUT2D eigenvalue weighted by molar-refractivity contribution is 7.12. The lowest BCUT2D eigenvalue weighted by molar-refractivity contribution is 0.0449. The van der Waals surface area contributed by atoms with E-state index in [-0.39, 0.29) is 23.5 Å². The molecule has 1 unspecified atom stereocenters. The van der Waals surface area contributed by atoms with Crippen molar-refractivity contribution >= 4 is 17.1 Å². The van der Waals surface area contributed by atoms with E-state index in [1.807, 2.05) is 17.5 Å². The monoisotopic (exact) mass is 483 g/mol. The molecule has 4 rings (SSSR count). The number of hydrogen-bond acceptors (Lipinski definition) is 5. The molecular formula is C27H30F2N2O2S. The van der Waals surface area contributed by atoms with Crippen molar-refractivity contribution in [3.8, 4) is 0 Å². The van der Waals surface area contributed by atoms with E-state index in [0.29, 0.717) is 13.0 Å². The van der Waals surface area contributed by atoms with Gasteiger partial charge in [0.25, 0.3) is 0 Å². The van der Waals surface area contributed by atoms with Gasteiger partial charge in [0.15, 0.2) is 5.78 Å². The highest BCUT2D eigenvalue weighted by atomic mass is 32.1. The van der Waals surface area contributed by atoms with Crippen LogP contribution in [0.5, 0.6) is 0 Å². The van der Waals surface area contributed by atoms with Crippen LogP contribution in [0.1, 0.15) is 39.7 Å². The fourth-order valence-corrected chi connectivity index (χ4v) is 4.91. The second-order valence-corrected chi connectivity index (χ2v) is 9.49. The van der Waals surface area contributed by atoms with E-state index in [1.54, 1.807) is 24.3 Å². The smallest absolute Gasteiger partial charge is 0.172 e. The summed E-state index contributed by atoms with van der Waals surface area (Å²) in [6, 6.07) is 16.3. The third kappa shape index (κ3) is 7.03. The largest absolute Gasteiger partial charge is 0.367 e. The lowest BCUT2D eigenvalue weighted by atomic mass is 10.0. The second-order valence-electron chi connectivity index (χ2n) is 8.54. The van der Waals surface area contributed by atoms with Crippen molar-refractivity contribution in [1.29, 1.82) is 0 Å². The zero-order valence-electron chi connectivity index (χ0n) is 19.2. The fraction of sp³-hybridized carbons (Fsp3) is 0.370. The van der Waals surface area contributed by atoms with Gasteiger partial charge in [-0.2, -0.15) is 0 Å². The Morgan fingerprint density at radius 1 is 0.853 bits per heavy atom. The minimum absolute atomic E-state index is 0.239. The number of ether oxygens (including phenoxy) is 1. The molecule has 0 bridgehead atoms. The van der Waals surface area contributed by atoms with Gasteiger partial charge in [-0.15, -0.1) is 11.3 Å². The van der Waals surface area contributed by atoms with Gasteiger partial charge in [0.05, 0.1) is 11.5 Å². The SMILES string of the molecule is O=C(CCCN1CCN(CCOC(c2ccc(F)cc2)c2ccc([18F])cc2)CC1)c1cccs1. The standard InChI is InChI=1S/C27H30F2N2O2S/c28-23-9-5-21(6-10-23)27(22-7-11-24(29)12-8-22)33-19-18-31-16-14-30(15-17-31)13-1-3-25(32)26-4-2-20-34-26/h2,4-12,20,27H,1,3,13-19H2/i28-1. The summed E-state index contributed by atoms with van der Waals surface area (Å²) in [5, 5.41) is 1.94. The summed E-state index contributed by atoms with van der Waals surface area (Å²) in [4.78, 5) is 17.8. The lowest BCUT2D eigenvalue weighted by Gasteiger charge is -2.34. The summed E-state index contributed by atoms with van der Waals surface area (Å²) in [5.74, 6) is -0.353. The zero-order chi connectivity index (χ0) is 23.8. The van der Waals surface area contributed by atoms with Gasteiger partial charge in [-0.3, -0.25) is 9.69 Å². The molecule has 1 aliphatic heterocycles.